The van der Waals surface area contributed by atoms with Crippen molar-refractivity contribution >= 4 is 23.6 Å². The van der Waals surface area contributed by atoms with Crippen molar-refractivity contribution in [3.63, 3.8) is 0 Å². The van der Waals surface area contributed by atoms with Crippen LogP contribution >= 0.6 is 11.8 Å². The highest BCUT2D eigenvalue weighted by molar-refractivity contribution is 7.99. The molecule has 0 aromatic heterocycles. The smallest absolute Gasteiger partial charge is 0.242 e. The maximum absolute atomic E-state index is 13.3. The number of nitrogens with zero attached hydrogens (tertiary/aromatic N) is 1. The number of thioether (sulfide) groups is 1. The lowest BCUT2D eigenvalue weighted by atomic mass is 10.0. The second-order valence-corrected chi connectivity index (χ2v) is 8.43. The lowest BCUT2D eigenvalue weighted by Crippen LogP contribution is -2.50. The Balaban J connectivity index is 1.77. The molecule has 0 fully saturated rings. The molecule has 3 aromatic carbocycles. The van der Waals surface area contributed by atoms with Crippen LogP contribution in [0.3, 0.4) is 0 Å². The first-order valence-corrected chi connectivity index (χ1v) is 11.6. The number of amides is 2. The largest absolute Gasteiger partial charge is 0.357 e. The SMILES string of the molecule is CNC(=O)C(Cc1ccccc1)N(Cc1ccccc1)C(=O)CSCc1ccc(F)cc1. The molecule has 0 spiro atoms. The fraction of sp³-hybridized carbons (Fsp3) is 0.231. The second kappa shape index (κ2) is 12.1. The van der Waals surface area contributed by atoms with Crippen molar-refractivity contribution in [3.8, 4) is 0 Å². The molecule has 1 unspecified atom stereocenters. The summed E-state index contributed by atoms with van der Waals surface area (Å²) in [6.45, 7) is 0.349. The molecular weight excluding hydrogens is 423 g/mol. The van der Waals surface area contributed by atoms with Crippen molar-refractivity contribution in [3.05, 3.63) is 107 Å². The summed E-state index contributed by atoms with van der Waals surface area (Å²) in [5, 5.41) is 2.72. The van der Waals surface area contributed by atoms with Gasteiger partial charge in [0.2, 0.25) is 11.8 Å². The van der Waals surface area contributed by atoms with Gasteiger partial charge in [-0.15, -0.1) is 11.8 Å². The average molecular weight is 451 g/mol. The van der Waals surface area contributed by atoms with Crippen molar-refractivity contribution in [1.29, 1.82) is 0 Å². The maximum Gasteiger partial charge on any atom is 0.242 e. The minimum absolute atomic E-state index is 0.106. The lowest BCUT2D eigenvalue weighted by Gasteiger charge is -2.31. The highest BCUT2D eigenvalue weighted by Crippen LogP contribution is 2.18. The minimum Gasteiger partial charge on any atom is -0.357 e. The molecule has 0 aliphatic carbocycles. The number of hydrogen-bond donors (Lipinski definition) is 1. The molecule has 1 atom stereocenters. The molecule has 2 amide bonds. The molecule has 166 valence electrons. The van der Waals surface area contributed by atoms with Crippen LogP contribution in [0.25, 0.3) is 0 Å². The molecule has 3 aromatic rings. The summed E-state index contributed by atoms with van der Waals surface area (Å²) >= 11 is 1.46. The zero-order valence-electron chi connectivity index (χ0n) is 18.0. The van der Waals surface area contributed by atoms with E-state index < -0.39 is 6.04 Å². The van der Waals surface area contributed by atoms with Gasteiger partial charge in [0.15, 0.2) is 0 Å². The summed E-state index contributed by atoms with van der Waals surface area (Å²) < 4.78 is 13.1. The fourth-order valence-electron chi connectivity index (χ4n) is 3.42. The van der Waals surface area contributed by atoms with E-state index in [1.54, 1.807) is 24.1 Å². The molecule has 3 rings (SSSR count). The van der Waals surface area contributed by atoms with E-state index >= 15 is 0 Å². The molecule has 32 heavy (non-hydrogen) atoms. The molecule has 4 nitrogen and oxygen atoms in total. The van der Waals surface area contributed by atoms with E-state index in [2.05, 4.69) is 5.32 Å². The minimum atomic E-state index is -0.624. The van der Waals surface area contributed by atoms with E-state index in [9.17, 15) is 14.0 Å². The number of likely N-dealkylation sites (N-methyl/N-ethyl adjacent to an activating group) is 1. The van der Waals surface area contributed by atoms with Gasteiger partial charge in [-0.1, -0.05) is 72.8 Å². The van der Waals surface area contributed by atoms with E-state index in [4.69, 9.17) is 0 Å². The van der Waals surface area contributed by atoms with Crippen molar-refractivity contribution in [2.24, 2.45) is 0 Å². The Bertz CT molecular complexity index is 997. The zero-order chi connectivity index (χ0) is 22.8. The molecule has 0 bridgehead atoms. The predicted octanol–water partition coefficient (Wildman–Crippen LogP) is 4.45. The number of hydrogen-bond acceptors (Lipinski definition) is 3. The lowest BCUT2D eigenvalue weighted by molar-refractivity contribution is -0.139. The highest BCUT2D eigenvalue weighted by atomic mass is 32.2. The third kappa shape index (κ3) is 6.95. The summed E-state index contributed by atoms with van der Waals surface area (Å²) in [5.74, 6) is 0.242. The Morgan fingerprint density at radius 1 is 0.875 bits per heavy atom. The Kier molecular flexibility index (Phi) is 8.87. The normalized spacial score (nSPS) is 11.6. The van der Waals surface area contributed by atoms with Gasteiger partial charge in [-0.2, -0.15) is 0 Å². The Labute approximate surface area is 192 Å². The van der Waals surface area contributed by atoms with Crippen LogP contribution in [0.1, 0.15) is 16.7 Å². The number of carbonyl (C=O) groups is 2. The van der Waals surface area contributed by atoms with E-state index in [1.165, 1.54) is 23.9 Å². The van der Waals surface area contributed by atoms with Crippen molar-refractivity contribution in [2.75, 3.05) is 12.8 Å². The van der Waals surface area contributed by atoms with Gasteiger partial charge in [0.25, 0.3) is 0 Å². The van der Waals surface area contributed by atoms with E-state index in [-0.39, 0.29) is 23.4 Å². The third-order valence-electron chi connectivity index (χ3n) is 5.12. The van der Waals surface area contributed by atoms with Crippen LogP contribution in [0.4, 0.5) is 4.39 Å². The number of nitrogens with one attached hydrogen (secondary N) is 1. The first-order valence-electron chi connectivity index (χ1n) is 10.5. The standard InChI is InChI=1S/C26H27FN2O2S/c1-28-26(31)24(16-20-8-4-2-5-9-20)29(17-21-10-6-3-7-11-21)25(30)19-32-18-22-12-14-23(27)15-13-22/h2-15,24H,16-19H2,1H3,(H,28,31). The van der Waals surface area contributed by atoms with Gasteiger partial charge in [-0.3, -0.25) is 9.59 Å². The Morgan fingerprint density at radius 2 is 1.47 bits per heavy atom. The monoisotopic (exact) mass is 450 g/mol. The van der Waals surface area contributed by atoms with Crippen LogP contribution in [-0.4, -0.2) is 35.6 Å². The molecule has 0 saturated carbocycles. The number of carbonyl (C=O) groups excluding carboxylic acids is 2. The Morgan fingerprint density at radius 3 is 2.06 bits per heavy atom. The van der Waals surface area contributed by atoms with Crippen molar-refractivity contribution in [2.45, 2.75) is 24.8 Å². The third-order valence-corrected chi connectivity index (χ3v) is 6.11. The van der Waals surface area contributed by atoms with E-state index in [0.717, 1.165) is 16.7 Å². The van der Waals surface area contributed by atoms with Crippen LogP contribution in [0, 0.1) is 5.82 Å². The number of rotatable bonds is 10. The summed E-state index contributed by atoms with van der Waals surface area (Å²) in [6, 6.07) is 25.0. The predicted molar refractivity (Wildman–Crippen MR) is 128 cm³/mol. The molecule has 0 aliphatic rings. The number of benzene rings is 3. The van der Waals surface area contributed by atoms with Crippen LogP contribution in [0.2, 0.25) is 0 Å². The molecule has 0 aliphatic heterocycles. The fourth-order valence-corrected chi connectivity index (χ4v) is 4.29. The van der Waals surface area contributed by atoms with Gasteiger partial charge in [0.1, 0.15) is 11.9 Å². The van der Waals surface area contributed by atoms with Gasteiger partial charge < -0.3 is 10.2 Å². The highest BCUT2D eigenvalue weighted by Gasteiger charge is 2.29. The zero-order valence-corrected chi connectivity index (χ0v) is 18.9. The van der Waals surface area contributed by atoms with Gasteiger partial charge >= 0.3 is 0 Å². The van der Waals surface area contributed by atoms with Crippen LogP contribution in [0.15, 0.2) is 84.9 Å². The van der Waals surface area contributed by atoms with Crippen molar-refractivity contribution < 1.29 is 14.0 Å². The summed E-state index contributed by atoms with van der Waals surface area (Å²) in [4.78, 5) is 27.8. The Hall–Kier alpha value is -3.12. The summed E-state index contributed by atoms with van der Waals surface area (Å²) in [6.07, 6.45) is 0.432. The quantitative estimate of drug-likeness (QED) is 0.497. The molecule has 0 heterocycles. The molecule has 0 saturated heterocycles. The van der Waals surface area contributed by atoms with Crippen LogP contribution < -0.4 is 5.32 Å². The number of halogens is 1. The molecule has 0 radical (unpaired) electrons. The summed E-state index contributed by atoms with van der Waals surface area (Å²) in [5.41, 5.74) is 2.91. The maximum atomic E-state index is 13.3. The van der Waals surface area contributed by atoms with Crippen LogP contribution in [-0.2, 0) is 28.3 Å². The van der Waals surface area contributed by atoms with Crippen molar-refractivity contribution in [1.82, 2.24) is 10.2 Å². The van der Waals surface area contributed by atoms with Gasteiger partial charge in [-0.05, 0) is 28.8 Å². The molecule has 1 N–H and O–H groups in total. The second-order valence-electron chi connectivity index (χ2n) is 7.45. The van der Waals surface area contributed by atoms with E-state index in [1.807, 2.05) is 60.7 Å². The average Bonchev–Trinajstić information content (AvgIpc) is 2.83. The molecular formula is C26H27FN2O2S. The van der Waals surface area contributed by atoms with Gasteiger partial charge in [-0.25, -0.2) is 4.39 Å². The first kappa shape index (κ1) is 23.5. The van der Waals surface area contributed by atoms with Gasteiger partial charge in [0.05, 0.1) is 5.75 Å². The first-order chi connectivity index (χ1) is 15.6. The van der Waals surface area contributed by atoms with E-state index in [0.29, 0.717) is 18.7 Å². The van der Waals surface area contributed by atoms with Crippen LogP contribution in [0.5, 0.6) is 0 Å². The summed E-state index contributed by atoms with van der Waals surface area (Å²) in [7, 11) is 1.59. The van der Waals surface area contributed by atoms with Gasteiger partial charge in [0, 0.05) is 25.8 Å². The topological polar surface area (TPSA) is 49.4 Å². The molecule has 6 heteroatoms.